The average molecular weight is 489 g/mol. The van der Waals surface area contributed by atoms with Crippen LogP contribution in [0.5, 0.6) is 5.75 Å². The summed E-state index contributed by atoms with van der Waals surface area (Å²) >= 11 is 0. The number of carbonyl (C=O) groups excluding carboxylic acids is 3. The molecule has 3 amide bonds. The van der Waals surface area contributed by atoms with Crippen molar-refractivity contribution < 1.29 is 29.4 Å². The number of carboxylic acids is 1. The molecule has 5 N–H and O–H groups in total. The smallest absolute Gasteiger partial charge is 0.326 e. The van der Waals surface area contributed by atoms with Gasteiger partial charge in [0.25, 0.3) is 0 Å². The van der Waals surface area contributed by atoms with E-state index >= 15 is 0 Å². The molecule has 4 unspecified atom stereocenters. The Kier molecular flexibility index (Phi) is 8.71. The summed E-state index contributed by atoms with van der Waals surface area (Å²) < 4.78 is 0. The first kappa shape index (κ1) is 26.5. The molecule has 10 heteroatoms. The lowest BCUT2D eigenvalue weighted by molar-refractivity contribution is -0.150. The number of carbonyl (C=O) groups is 4. The molecule has 0 aromatic heterocycles. The van der Waals surface area contributed by atoms with Gasteiger partial charge in [-0.3, -0.25) is 14.4 Å². The number of hydrogen-bond acceptors (Lipinski definition) is 6. The van der Waals surface area contributed by atoms with Crippen LogP contribution in [-0.2, 0) is 25.6 Å². The van der Waals surface area contributed by atoms with Gasteiger partial charge in [-0.15, -0.1) is 0 Å². The summed E-state index contributed by atoms with van der Waals surface area (Å²) in [6.45, 7) is 4.61. The van der Waals surface area contributed by atoms with Crippen LogP contribution < -0.4 is 11.1 Å². The van der Waals surface area contributed by atoms with Crippen LogP contribution in [0.2, 0.25) is 0 Å². The summed E-state index contributed by atoms with van der Waals surface area (Å²) in [7, 11) is 0. The topological polar surface area (TPSA) is 153 Å². The van der Waals surface area contributed by atoms with Gasteiger partial charge < -0.3 is 31.1 Å². The molecule has 3 rings (SSSR count). The molecule has 0 bridgehead atoms. The van der Waals surface area contributed by atoms with Crippen LogP contribution in [-0.4, -0.2) is 81.0 Å². The molecule has 2 heterocycles. The maximum Gasteiger partial charge on any atom is 0.326 e. The minimum Gasteiger partial charge on any atom is -0.508 e. The molecular formula is C25H36N4O6. The molecule has 1 aromatic rings. The summed E-state index contributed by atoms with van der Waals surface area (Å²) in [6.07, 6.45) is 2.75. The minimum absolute atomic E-state index is 0.0928. The standard InChI is InChI=1S/C25H36N4O6/c1-15(2)13-19(24(33)29-12-4-6-21(29)25(34)35)27-22(31)20-5-3-11-28(20)23(32)18(26)14-16-7-9-17(30)10-8-16/h7-10,15,18-21,30H,3-6,11-14,26H2,1-2H3,(H,27,31)(H,34,35). The zero-order valence-corrected chi connectivity index (χ0v) is 20.4. The van der Waals surface area contributed by atoms with Crippen molar-refractivity contribution >= 4 is 23.7 Å². The molecule has 2 aliphatic rings. The largest absolute Gasteiger partial charge is 0.508 e. The Balaban J connectivity index is 1.68. The number of nitrogens with zero attached hydrogens (tertiary/aromatic N) is 2. The first-order valence-corrected chi connectivity index (χ1v) is 12.3. The van der Waals surface area contributed by atoms with Crippen LogP contribution >= 0.6 is 0 Å². The van der Waals surface area contributed by atoms with Gasteiger partial charge in [0.1, 0.15) is 23.9 Å². The number of phenols is 1. The third-order valence-electron chi connectivity index (χ3n) is 6.69. The molecule has 192 valence electrons. The number of phenolic OH excluding ortho intramolecular Hbond substituents is 1. The van der Waals surface area contributed by atoms with Crippen molar-refractivity contribution in [2.24, 2.45) is 11.7 Å². The second-order valence-electron chi connectivity index (χ2n) is 9.89. The van der Waals surface area contributed by atoms with E-state index in [1.54, 1.807) is 12.1 Å². The first-order valence-electron chi connectivity index (χ1n) is 12.3. The molecule has 2 fully saturated rings. The van der Waals surface area contributed by atoms with Crippen LogP contribution in [0.4, 0.5) is 0 Å². The van der Waals surface area contributed by atoms with Gasteiger partial charge in [-0.2, -0.15) is 0 Å². The normalized spacial score (nSPS) is 21.7. The zero-order valence-electron chi connectivity index (χ0n) is 20.4. The van der Waals surface area contributed by atoms with Gasteiger partial charge in [0, 0.05) is 13.1 Å². The molecule has 1 aromatic carbocycles. The van der Waals surface area contributed by atoms with E-state index in [-0.39, 0.29) is 24.0 Å². The Morgan fingerprint density at radius 2 is 1.57 bits per heavy atom. The lowest BCUT2D eigenvalue weighted by atomic mass is 10.0. The van der Waals surface area contributed by atoms with E-state index in [0.717, 1.165) is 5.56 Å². The predicted molar refractivity (Wildman–Crippen MR) is 128 cm³/mol. The highest BCUT2D eigenvalue weighted by molar-refractivity contribution is 5.94. The molecule has 2 saturated heterocycles. The number of aliphatic carboxylic acids is 1. The van der Waals surface area contributed by atoms with E-state index < -0.39 is 42.0 Å². The summed E-state index contributed by atoms with van der Waals surface area (Å²) in [5.41, 5.74) is 6.97. The maximum atomic E-state index is 13.2. The van der Waals surface area contributed by atoms with E-state index in [2.05, 4.69) is 5.32 Å². The molecule has 35 heavy (non-hydrogen) atoms. The average Bonchev–Trinajstić information content (AvgIpc) is 3.49. The van der Waals surface area contributed by atoms with Crippen LogP contribution in [0, 0.1) is 5.92 Å². The Labute approximate surface area is 205 Å². The third kappa shape index (κ3) is 6.50. The number of benzene rings is 1. The summed E-state index contributed by atoms with van der Waals surface area (Å²) in [5, 5.41) is 21.7. The minimum atomic E-state index is -1.04. The molecule has 4 atom stereocenters. The van der Waals surface area contributed by atoms with Crippen molar-refractivity contribution in [1.29, 1.82) is 0 Å². The van der Waals surface area contributed by atoms with Gasteiger partial charge in [0.15, 0.2) is 0 Å². The predicted octanol–water partition coefficient (Wildman–Crippen LogP) is 0.860. The van der Waals surface area contributed by atoms with Crippen LogP contribution in [0.15, 0.2) is 24.3 Å². The summed E-state index contributed by atoms with van der Waals surface area (Å²) in [4.78, 5) is 54.0. The third-order valence-corrected chi connectivity index (χ3v) is 6.69. The fourth-order valence-electron chi connectivity index (χ4n) is 4.94. The number of carboxylic acid groups (broad SMARTS) is 1. The van der Waals surface area contributed by atoms with E-state index in [9.17, 15) is 29.4 Å². The second-order valence-corrected chi connectivity index (χ2v) is 9.89. The van der Waals surface area contributed by atoms with Crippen molar-refractivity contribution in [2.75, 3.05) is 13.1 Å². The van der Waals surface area contributed by atoms with Crippen molar-refractivity contribution in [3.05, 3.63) is 29.8 Å². The highest BCUT2D eigenvalue weighted by atomic mass is 16.4. The molecule has 0 aliphatic carbocycles. The summed E-state index contributed by atoms with van der Waals surface area (Å²) in [6, 6.07) is 3.14. The fraction of sp³-hybridized carbons (Fsp3) is 0.600. The molecule has 2 aliphatic heterocycles. The number of likely N-dealkylation sites (tertiary alicyclic amines) is 2. The Morgan fingerprint density at radius 3 is 2.14 bits per heavy atom. The van der Waals surface area contributed by atoms with Crippen molar-refractivity contribution in [3.63, 3.8) is 0 Å². The van der Waals surface area contributed by atoms with Crippen molar-refractivity contribution in [1.82, 2.24) is 15.1 Å². The highest BCUT2D eigenvalue weighted by Crippen LogP contribution is 2.23. The van der Waals surface area contributed by atoms with Crippen LogP contribution in [0.3, 0.4) is 0 Å². The quantitative estimate of drug-likeness (QED) is 0.402. The Hall–Kier alpha value is -3.14. The Morgan fingerprint density at radius 1 is 1.00 bits per heavy atom. The lowest BCUT2D eigenvalue weighted by Gasteiger charge is -2.31. The lowest BCUT2D eigenvalue weighted by Crippen LogP contribution is -2.57. The van der Waals surface area contributed by atoms with Gasteiger partial charge in [-0.05, 0) is 62.1 Å². The molecule has 0 spiro atoms. The van der Waals surface area contributed by atoms with E-state index in [1.807, 2.05) is 13.8 Å². The highest BCUT2D eigenvalue weighted by Gasteiger charge is 2.41. The first-order chi connectivity index (χ1) is 16.6. The molecule has 0 saturated carbocycles. The number of rotatable bonds is 9. The number of hydrogen-bond donors (Lipinski definition) is 4. The van der Waals surface area contributed by atoms with Gasteiger partial charge in [0.05, 0.1) is 6.04 Å². The maximum absolute atomic E-state index is 13.2. The number of amides is 3. The van der Waals surface area contributed by atoms with Crippen LogP contribution in [0.1, 0.15) is 51.5 Å². The number of aromatic hydroxyl groups is 1. The second kappa shape index (κ2) is 11.5. The fourth-order valence-corrected chi connectivity index (χ4v) is 4.94. The zero-order chi connectivity index (χ0) is 25.7. The Bertz CT molecular complexity index is 934. The van der Waals surface area contributed by atoms with Crippen LogP contribution in [0.25, 0.3) is 0 Å². The molecule has 0 radical (unpaired) electrons. The van der Waals surface area contributed by atoms with E-state index in [0.29, 0.717) is 45.2 Å². The molecular weight excluding hydrogens is 452 g/mol. The SMILES string of the molecule is CC(C)CC(NC(=O)C1CCCN1C(=O)C(N)Cc1ccc(O)cc1)C(=O)N1CCCC1C(=O)O. The monoisotopic (exact) mass is 488 g/mol. The molecule has 10 nitrogen and oxygen atoms in total. The number of nitrogens with two attached hydrogens (primary N) is 1. The van der Waals surface area contributed by atoms with Gasteiger partial charge in [-0.25, -0.2) is 4.79 Å². The van der Waals surface area contributed by atoms with Crippen molar-refractivity contribution in [2.45, 2.75) is 76.5 Å². The van der Waals surface area contributed by atoms with Crippen molar-refractivity contribution in [3.8, 4) is 5.75 Å². The van der Waals surface area contributed by atoms with E-state index in [1.165, 1.54) is 21.9 Å². The van der Waals surface area contributed by atoms with Gasteiger partial charge in [-0.1, -0.05) is 26.0 Å². The van der Waals surface area contributed by atoms with Gasteiger partial charge in [0.2, 0.25) is 17.7 Å². The van der Waals surface area contributed by atoms with E-state index in [4.69, 9.17) is 5.73 Å². The summed E-state index contributed by atoms with van der Waals surface area (Å²) in [5.74, 6) is -1.97. The van der Waals surface area contributed by atoms with Gasteiger partial charge >= 0.3 is 5.97 Å². The number of nitrogens with one attached hydrogen (secondary N) is 1.